The van der Waals surface area contributed by atoms with Crippen LogP contribution in [-0.2, 0) is 6.42 Å². The molecule has 1 heterocycles. The summed E-state index contributed by atoms with van der Waals surface area (Å²) in [4.78, 5) is 0. The van der Waals surface area contributed by atoms with Gasteiger partial charge in [0.15, 0.2) is 0 Å². The Morgan fingerprint density at radius 2 is 2.13 bits per heavy atom. The van der Waals surface area contributed by atoms with Crippen molar-refractivity contribution in [3.8, 4) is 11.3 Å². The number of aryl methyl sites for hydroxylation is 2. The molecule has 0 atom stereocenters. The zero-order valence-electron chi connectivity index (χ0n) is 8.84. The summed E-state index contributed by atoms with van der Waals surface area (Å²) in [5.41, 5.74) is 3.36. The highest BCUT2D eigenvalue weighted by Crippen LogP contribution is 2.20. The summed E-state index contributed by atoms with van der Waals surface area (Å²) in [7, 11) is 0. The molecule has 1 N–H and O–H groups in total. The Labute approximate surface area is 88.1 Å². The summed E-state index contributed by atoms with van der Waals surface area (Å²) >= 11 is 0. The molecule has 2 aromatic rings. The third-order valence-electron chi connectivity index (χ3n) is 2.48. The number of aromatic amines is 1. The summed E-state index contributed by atoms with van der Waals surface area (Å²) in [6.07, 6.45) is 0.880. The second-order valence-corrected chi connectivity index (χ2v) is 3.59. The van der Waals surface area contributed by atoms with Crippen LogP contribution in [0.3, 0.4) is 0 Å². The van der Waals surface area contributed by atoms with Gasteiger partial charge in [-0.25, -0.2) is 4.39 Å². The minimum absolute atomic E-state index is 0.180. The maximum atomic E-state index is 13.3. The van der Waals surface area contributed by atoms with Gasteiger partial charge < -0.3 is 0 Å². The molecule has 2 nitrogen and oxygen atoms in total. The molecule has 0 radical (unpaired) electrons. The van der Waals surface area contributed by atoms with Crippen molar-refractivity contribution in [2.75, 3.05) is 0 Å². The first-order chi connectivity index (χ1) is 7.20. The smallest absolute Gasteiger partial charge is 0.126 e. The Kier molecular flexibility index (Phi) is 2.54. The topological polar surface area (TPSA) is 28.7 Å². The Bertz CT molecular complexity index is 474. The Morgan fingerprint density at radius 3 is 2.73 bits per heavy atom. The molecule has 0 amide bonds. The van der Waals surface area contributed by atoms with Crippen LogP contribution < -0.4 is 0 Å². The molecular weight excluding hydrogens is 191 g/mol. The second-order valence-electron chi connectivity index (χ2n) is 3.59. The number of hydrogen-bond acceptors (Lipinski definition) is 1. The van der Waals surface area contributed by atoms with Crippen LogP contribution in [0.4, 0.5) is 4.39 Å². The number of nitrogens with zero attached hydrogens (tertiary/aromatic N) is 1. The van der Waals surface area contributed by atoms with E-state index in [1.165, 1.54) is 6.07 Å². The monoisotopic (exact) mass is 204 g/mol. The van der Waals surface area contributed by atoms with Gasteiger partial charge in [-0.2, -0.15) is 5.10 Å². The molecule has 0 aliphatic rings. The predicted molar refractivity (Wildman–Crippen MR) is 58.1 cm³/mol. The van der Waals surface area contributed by atoms with Crippen molar-refractivity contribution in [2.24, 2.45) is 0 Å². The highest BCUT2D eigenvalue weighted by Gasteiger charge is 2.04. The van der Waals surface area contributed by atoms with Crippen molar-refractivity contribution in [1.82, 2.24) is 10.2 Å². The molecule has 1 aromatic carbocycles. The standard InChI is InChI=1S/C12H13FN2/c1-3-10-7-12(15-14-10)9-5-4-8(2)11(13)6-9/h4-7H,3H2,1-2H3,(H,14,15). The van der Waals surface area contributed by atoms with E-state index in [1.807, 2.05) is 19.1 Å². The second kappa shape index (κ2) is 3.85. The largest absolute Gasteiger partial charge is 0.278 e. The van der Waals surface area contributed by atoms with E-state index in [2.05, 4.69) is 10.2 Å². The number of benzene rings is 1. The molecule has 0 bridgehead atoms. The van der Waals surface area contributed by atoms with Gasteiger partial charge in [0.05, 0.1) is 11.4 Å². The van der Waals surface area contributed by atoms with Gasteiger partial charge in [-0.15, -0.1) is 0 Å². The normalized spacial score (nSPS) is 10.6. The first-order valence-electron chi connectivity index (χ1n) is 5.01. The Balaban J connectivity index is 2.40. The van der Waals surface area contributed by atoms with Crippen molar-refractivity contribution in [3.05, 3.63) is 41.3 Å². The van der Waals surface area contributed by atoms with Crippen LogP contribution in [0.2, 0.25) is 0 Å². The van der Waals surface area contributed by atoms with E-state index in [0.29, 0.717) is 5.56 Å². The maximum Gasteiger partial charge on any atom is 0.126 e. The van der Waals surface area contributed by atoms with Crippen LogP contribution in [-0.4, -0.2) is 10.2 Å². The fourth-order valence-corrected chi connectivity index (χ4v) is 1.45. The lowest BCUT2D eigenvalue weighted by Crippen LogP contribution is -1.84. The van der Waals surface area contributed by atoms with Crippen molar-refractivity contribution in [3.63, 3.8) is 0 Å². The Hall–Kier alpha value is -1.64. The molecule has 0 fully saturated rings. The highest BCUT2D eigenvalue weighted by molar-refractivity contribution is 5.59. The average Bonchev–Trinajstić information content (AvgIpc) is 2.70. The van der Waals surface area contributed by atoms with E-state index in [4.69, 9.17) is 0 Å². The third kappa shape index (κ3) is 1.91. The molecule has 15 heavy (non-hydrogen) atoms. The minimum Gasteiger partial charge on any atom is -0.278 e. The number of hydrogen-bond donors (Lipinski definition) is 1. The maximum absolute atomic E-state index is 13.3. The van der Waals surface area contributed by atoms with Gasteiger partial charge in [0.2, 0.25) is 0 Å². The van der Waals surface area contributed by atoms with Gasteiger partial charge in [0, 0.05) is 5.56 Å². The molecule has 78 valence electrons. The average molecular weight is 204 g/mol. The molecule has 1 aromatic heterocycles. The molecule has 3 heteroatoms. The number of rotatable bonds is 2. The number of halogens is 1. The Morgan fingerprint density at radius 1 is 1.33 bits per heavy atom. The number of aromatic nitrogens is 2. The quantitative estimate of drug-likeness (QED) is 0.800. The fourth-order valence-electron chi connectivity index (χ4n) is 1.45. The van der Waals surface area contributed by atoms with Gasteiger partial charge in [-0.3, -0.25) is 5.10 Å². The van der Waals surface area contributed by atoms with Crippen molar-refractivity contribution in [2.45, 2.75) is 20.3 Å². The van der Waals surface area contributed by atoms with Crippen molar-refractivity contribution in [1.29, 1.82) is 0 Å². The number of H-pyrrole nitrogens is 1. The molecule has 0 spiro atoms. The van der Waals surface area contributed by atoms with E-state index in [1.54, 1.807) is 13.0 Å². The van der Waals surface area contributed by atoms with Gasteiger partial charge in [-0.05, 0) is 31.0 Å². The van der Waals surface area contributed by atoms with E-state index in [-0.39, 0.29) is 5.82 Å². The molecule has 0 aliphatic carbocycles. The van der Waals surface area contributed by atoms with E-state index < -0.39 is 0 Å². The van der Waals surface area contributed by atoms with E-state index in [9.17, 15) is 4.39 Å². The SMILES string of the molecule is CCc1cc(-c2ccc(C)c(F)c2)[nH]n1. The van der Waals surface area contributed by atoms with Gasteiger partial charge in [0.25, 0.3) is 0 Å². The molecule has 0 saturated carbocycles. The third-order valence-corrected chi connectivity index (χ3v) is 2.48. The fraction of sp³-hybridized carbons (Fsp3) is 0.250. The van der Waals surface area contributed by atoms with Gasteiger partial charge >= 0.3 is 0 Å². The van der Waals surface area contributed by atoms with Gasteiger partial charge in [-0.1, -0.05) is 19.1 Å². The predicted octanol–water partition coefficient (Wildman–Crippen LogP) is 3.09. The van der Waals surface area contributed by atoms with E-state index >= 15 is 0 Å². The zero-order chi connectivity index (χ0) is 10.8. The molecule has 0 saturated heterocycles. The first-order valence-corrected chi connectivity index (χ1v) is 5.01. The summed E-state index contributed by atoms with van der Waals surface area (Å²) in [6, 6.07) is 7.15. The number of nitrogens with one attached hydrogen (secondary N) is 1. The van der Waals surface area contributed by atoms with Crippen LogP contribution in [0, 0.1) is 12.7 Å². The van der Waals surface area contributed by atoms with Crippen LogP contribution >= 0.6 is 0 Å². The summed E-state index contributed by atoms with van der Waals surface area (Å²) in [5.74, 6) is -0.180. The van der Waals surface area contributed by atoms with E-state index in [0.717, 1.165) is 23.4 Å². The molecular formula is C12H13FN2. The van der Waals surface area contributed by atoms with Crippen LogP contribution in [0.15, 0.2) is 24.3 Å². The van der Waals surface area contributed by atoms with Crippen molar-refractivity contribution >= 4 is 0 Å². The lowest BCUT2D eigenvalue weighted by Gasteiger charge is -1.99. The van der Waals surface area contributed by atoms with Crippen LogP contribution in [0.5, 0.6) is 0 Å². The summed E-state index contributed by atoms with van der Waals surface area (Å²) in [6.45, 7) is 3.79. The highest BCUT2D eigenvalue weighted by atomic mass is 19.1. The molecule has 0 unspecified atom stereocenters. The van der Waals surface area contributed by atoms with Crippen molar-refractivity contribution < 1.29 is 4.39 Å². The van der Waals surface area contributed by atoms with Crippen LogP contribution in [0.25, 0.3) is 11.3 Å². The molecule has 0 aliphatic heterocycles. The van der Waals surface area contributed by atoms with Gasteiger partial charge in [0.1, 0.15) is 5.82 Å². The summed E-state index contributed by atoms with van der Waals surface area (Å²) < 4.78 is 13.3. The minimum atomic E-state index is -0.180. The zero-order valence-corrected chi connectivity index (χ0v) is 8.84. The first kappa shape index (κ1) is 9.90. The lowest BCUT2D eigenvalue weighted by molar-refractivity contribution is 0.619. The summed E-state index contributed by atoms with van der Waals surface area (Å²) in [5, 5.41) is 7.02. The lowest BCUT2D eigenvalue weighted by atomic mass is 10.1. The molecule has 2 rings (SSSR count). The van der Waals surface area contributed by atoms with Crippen LogP contribution in [0.1, 0.15) is 18.2 Å².